The molecule has 24 heavy (non-hydrogen) atoms. The Morgan fingerprint density at radius 2 is 1.67 bits per heavy atom. The van der Waals surface area contributed by atoms with Crippen LogP contribution in [0.1, 0.15) is 23.2 Å². The molecule has 0 spiro atoms. The van der Waals surface area contributed by atoms with E-state index in [1.54, 1.807) is 0 Å². The summed E-state index contributed by atoms with van der Waals surface area (Å²) in [5, 5.41) is 0. The highest BCUT2D eigenvalue weighted by Crippen LogP contribution is 2.17. The van der Waals surface area contributed by atoms with E-state index in [4.69, 9.17) is 0 Å². The molecule has 0 amide bonds. The lowest BCUT2D eigenvalue weighted by molar-refractivity contribution is 0.0600. The highest BCUT2D eigenvalue weighted by molar-refractivity contribution is 7.89. The number of carbonyl (C=O) groups is 1. The van der Waals surface area contributed by atoms with E-state index in [0.29, 0.717) is 12.8 Å². The number of benzene rings is 1. The molecule has 1 aromatic rings. The van der Waals surface area contributed by atoms with Gasteiger partial charge in [-0.2, -0.15) is 0 Å². The van der Waals surface area contributed by atoms with Crippen molar-refractivity contribution < 1.29 is 26.4 Å². The Morgan fingerprint density at radius 3 is 2.12 bits per heavy atom. The number of hydrogen-bond acceptors (Lipinski definition) is 6. The van der Waals surface area contributed by atoms with Gasteiger partial charge in [0.2, 0.25) is 20.0 Å². The van der Waals surface area contributed by atoms with Gasteiger partial charge in [0.25, 0.3) is 0 Å². The maximum absolute atomic E-state index is 12.4. The molecule has 1 N–H and O–H groups in total. The molecule has 0 aliphatic carbocycles. The number of piperidine rings is 1. The van der Waals surface area contributed by atoms with Crippen LogP contribution in [-0.2, 0) is 24.8 Å². The molecule has 134 valence electrons. The molecule has 0 unspecified atom stereocenters. The number of carbonyl (C=O) groups excluding carboxylic acids is 1. The Morgan fingerprint density at radius 1 is 1.12 bits per heavy atom. The highest BCUT2D eigenvalue weighted by atomic mass is 32.2. The van der Waals surface area contributed by atoms with Crippen molar-refractivity contribution >= 4 is 26.0 Å². The van der Waals surface area contributed by atoms with Crippen LogP contribution in [0.25, 0.3) is 0 Å². The van der Waals surface area contributed by atoms with Crippen LogP contribution in [-0.4, -0.2) is 59.6 Å². The van der Waals surface area contributed by atoms with Gasteiger partial charge in [-0.3, -0.25) is 0 Å². The second-order valence-electron chi connectivity index (χ2n) is 5.57. The van der Waals surface area contributed by atoms with Gasteiger partial charge in [-0.15, -0.1) is 0 Å². The van der Waals surface area contributed by atoms with Crippen LogP contribution in [0.4, 0.5) is 0 Å². The van der Waals surface area contributed by atoms with Crippen LogP contribution in [0.3, 0.4) is 0 Å². The summed E-state index contributed by atoms with van der Waals surface area (Å²) in [6.45, 7) is 0.570. The summed E-state index contributed by atoms with van der Waals surface area (Å²) in [5.41, 5.74) is 0.262. The first-order valence-corrected chi connectivity index (χ1v) is 10.6. The molecule has 0 radical (unpaired) electrons. The van der Waals surface area contributed by atoms with Crippen LogP contribution in [0, 0.1) is 0 Å². The molecule has 2 rings (SSSR count). The summed E-state index contributed by atoms with van der Waals surface area (Å²) in [7, 11) is -5.73. The number of nitrogens with zero attached hydrogens (tertiary/aromatic N) is 1. The fourth-order valence-corrected chi connectivity index (χ4v) is 4.66. The summed E-state index contributed by atoms with van der Waals surface area (Å²) < 4.78 is 56.1. The molecular formula is C14H20N2O6S2. The van der Waals surface area contributed by atoms with Crippen LogP contribution >= 0.6 is 0 Å². The zero-order chi connectivity index (χ0) is 18.0. The molecule has 1 aliphatic heterocycles. The molecule has 0 aromatic heterocycles. The Labute approximate surface area is 141 Å². The Balaban J connectivity index is 2.03. The minimum absolute atomic E-state index is 0.0423. The number of esters is 1. The molecular weight excluding hydrogens is 356 g/mol. The molecule has 1 heterocycles. The number of sulfonamides is 2. The summed E-state index contributed by atoms with van der Waals surface area (Å²) in [4.78, 5) is 11.4. The number of hydrogen-bond donors (Lipinski definition) is 1. The van der Waals surface area contributed by atoms with E-state index < -0.39 is 26.0 Å². The second kappa shape index (κ2) is 7.18. The van der Waals surface area contributed by atoms with Crippen molar-refractivity contribution in [3.05, 3.63) is 29.8 Å². The fraction of sp³-hybridized carbons (Fsp3) is 0.500. The Hall–Kier alpha value is -1.49. The van der Waals surface area contributed by atoms with E-state index in [0.717, 1.165) is 6.26 Å². The topological polar surface area (TPSA) is 110 Å². The van der Waals surface area contributed by atoms with Gasteiger partial charge in [0.15, 0.2) is 0 Å². The third-order valence-electron chi connectivity index (χ3n) is 3.83. The molecule has 10 heteroatoms. The van der Waals surface area contributed by atoms with Gasteiger partial charge in [-0.1, -0.05) is 0 Å². The van der Waals surface area contributed by atoms with Gasteiger partial charge >= 0.3 is 5.97 Å². The number of methoxy groups -OCH3 is 1. The first-order chi connectivity index (χ1) is 11.1. The molecule has 0 bridgehead atoms. The maximum Gasteiger partial charge on any atom is 0.337 e. The predicted molar refractivity (Wildman–Crippen MR) is 87.5 cm³/mol. The van der Waals surface area contributed by atoms with Crippen LogP contribution in [0.5, 0.6) is 0 Å². The predicted octanol–water partition coefficient (Wildman–Crippen LogP) is 0.176. The molecule has 1 fully saturated rings. The van der Waals surface area contributed by atoms with Crippen molar-refractivity contribution in [3.8, 4) is 0 Å². The smallest absolute Gasteiger partial charge is 0.337 e. The zero-order valence-electron chi connectivity index (χ0n) is 13.4. The van der Waals surface area contributed by atoms with Crippen molar-refractivity contribution in [1.29, 1.82) is 0 Å². The van der Waals surface area contributed by atoms with Crippen molar-refractivity contribution in [2.24, 2.45) is 0 Å². The normalized spacial score (nSPS) is 17.6. The van der Waals surface area contributed by atoms with Crippen molar-refractivity contribution in [2.45, 2.75) is 23.8 Å². The SMILES string of the molecule is COC(=O)c1ccc(S(=O)(=O)NC2CCN(S(C)(=O)=O)CC2)cc1. The van der Waals surface area contributed by atoms with E-state index in [2.05, 4.69) is 9.46 Å². The molecule has 0 atom stereocenters. The highest BCUT2D eigenvalue weighted by Gasteiger charge is 2.28. The van der Waals surface area contributed by atoms with Crippen LogP contribution < -0.4 is 4.72 Å². The van der Waals surface area contributed by atoms with Crippen LogP contribution in [0.2, 0.25) is 0 Å². The van der Waals surface area contributed by atoms with Gasteiger partial charge in [-0.05, 0) is 37.1 Å². The summed E-state index contributed by atoms with van der Waals surface area (Å²) in [5.74, 6) is -0.542. The zero-order valence-corrected chi connectivity index (χ0v) is 15.1. The van der Waals surface area contributed by atoms with Gasteiger partial charge in [0.1, 0.15) is 0 Å². The minimum atomic E-state index is -3.73. The average molecular weight is 376 g/mol. The molecule has 1 aliphatic rings. The number of nitrogens with one attached hydrogen (secondary N) is 1. The molecule has 1 saturated heterocycles. The van der Waals surface area contributed by atoms with Gasteiger partial charge < -0.3 is 4.74 Å². The lowest BCUT2D eigenvalue weighted by Gasteiger charge is -2.30. The van der Waals surface area contributed by atoms with Crippen molar-refractivity contribution in [1.82, 2.24) is 9.03 Å². The lowest BCUT2D eigenvalue weighted by Crippen LogP contribution is -2.46. The second-order valence-corrected chi connectivity index (χ2v) is 9.27. The first kappa shape index (κ1) is 18.8. The van der Waals surface area contributed by atoms with Gasteiger partial charge in [-0.25, -0.2) is 30.7 Å². The summed E-state index contributed by atoms with van der Waals surface area (Å²) in [6.07, 6.45) is 1.96. The van der Waals surface area contributed by atoms with E-state index in [1.807, 2.05) is 0 Å². The minimum Gasteiger partial charge on any atom is -0.465 e. The molecule has 1 aromatic carbocycles. The van der Waals surface area contributed by atoms with E-state index in [1.165, 1.54) is 35.7 Å². The average Bonchev–Trinajstić information content (AvgIpc) is 2.53. The Kier molecular flexibility index (Phi) is 5.63. The summed E-state index contributed by atoms with van der Waals surface area (Å²) >= 11 is 0. The Bertz CT molecular complexity index is 794. The van der Waals surface area contributed by atoms with E-state index in [9.17, 15) is 21.6 Å². The van der Waals surface area contributed by atoms with Gasteiger partial charge in [0.05, 0.1) is 23.8 Å². The van der Waals surface area contributed by atoms with E-state index in [-0.39, 0.29) is 29.6 Å². The van der Waals surface area contributed by atoms with Crippen molar-refractivity contribution in [2.75, 3.05) is 26.5 Å². The molecule has 0 saturated carbocycles. The maximum atomic E-state index is 12.4. The van der Waals surface area contributed by atoms with Crippen molar-refractivity contribution in [3.63, 3.8) is 0 Å². The largest absolute Gasteiger partial charge is 0.465 e. The third-order valence-corrected chi connectivity index (χ3v) is 6.67. The fourth-order valence-electron chi connectivity index (χ4n) is 2.48. The van der Waals surface area contributed by atoms with Gasteiger partial charge in [0, 0.05) is 19.1 Å². The standard InChI is InChI=1S/C14H20N2O6S2/c1-22-14(17)11-3-5-13(6-4-11)24(20,21)15-12-7-9-16(10-8-12)23(2,18)19/h3-6,12,15H,7-10H2,1-2H3. The van der Waals surface area contributed by atoms with Crippen LogP contribution in [0.15, 0.2) is 29.2 Å². The quantitative estimate of drug-likeness (QED) is 0.734. The van der Waals surface area contributed by atoms with E-state index >= 15 is 0 Å². The monoisotopic (exact) mass is 376 g/mol. The first-order valence-electron chi connectivity index (χ1n) is 7.29. The molecule has 8 nitrogen and oxygen atoms in total. The lowest BCUT2D eigenvalue weighted by atomic mass is 10.1. The number of rotatable bonds is 5. The number of ether oxygens (including phenoxy) is 1. The third kappa shape index (κ3) is 4.53. The summed E-state index contributed by atoms with van der Waals surface area (Å²) in [6, 6.07) is 5.10.